The first-order chi connectivity index (χ1) is 18.8. The van der Waals surface area contributed by atoms with Gasteiger partial charge >= 0.3 is 0 Å². The Morgan fingerprint density at radius 3 is 2.36 bits per heavy atom. The molecule has 0 bridgehead atoms. The van der Waals surface area contributed by atoms with Crippen molar-refractivity contribution in [1.29, 1.82) is 0 Å². The van der Waals surface area contributed by atoms with Gasteiger partial charge in [-0.05, 0) is 111 Å². The fraction of sp³-hybridized carbons (Fsp3) is 0.258. The number of aromatic nitrogens is 2. The van der Waals surface area contributed by atoms with Crippen molar-refractivity contribution >= 4 is 34.6 Å². The maximum absolute atomic E-state index is 12.0. The summed E-state index contributed by atoms with van der Waals surface area (Å²) in [5, 5.41) is 7.02. The fourth-order valence-electron chi connectivity index (χ4n) is 5.55. The normalized spacial score (nSPS) is 16.8. The zero-order chi connectivity index (χ0) is 27.7. The maximum atomic E-state index is 12.0. The number of thiocarbonyl (C=S) groups is 1. The predicted octanol–water partition coefficient (Wildman–Crippen LogP) is 5.87. The lowest BCUT2D eigenvalue weighted by atomic mass is 9.96. The van der Waals surface area contributed by atoms with Crippen molar-refractivity contribution in [2.45, 2.75) is 39.8 Å². The summed E-state index contributed by atoms with van der Waals surface area (Å²) < 4.78 is 7.24. The van der Waals surface area contributed by atoms with Crippen LogP contribution in [0.15, 0.2) is 72.9 Å². The number of ether oxygens (including phenoxy) is 1. The first kappa shape index (κ1) is 26.6. The van der Waals surface area contributed by atoms with E-state index in [0.717, 1.165) is 28.5 Å². The highest BCUT2D eigenvalue weighted by Crippen LogP contribution is 2.44. The molecule has 7 nitrogen and oxygen atoms in total. The van der Waals surface area contributed by atoms with Gasteiger partial charge in [0.2, 0.25) is 5.91 Å². The number of amides is 1. The number of anilines is 2. The van der Waals surface area contributed by atoms with E-state index in [1.165, 1.54) is 23.8 Å². The molecule has 1 saturated heterocycles. The lowest BCUT2D eigenvalue weighted by molar-refractivity contribution is -0.119. The second-order valence-corrected chi connectivity index (χ2v) is 10.4. The molecule has 8 heteroatoms. The summed E-state index contributed by atoms with van der Waals surface area (Å²) in [7, 11) is 1.50. The molecule has 4 aromatic rings. The Kier molecular flexibility index (Phi) is 7.50. The number of rotatable bonds is 7. The van der Waals surface area contributed by atoms with Gasteiger partial charge in [0.25, 0.3) is 0 Å². The van der Waals surface area contributed by atoms with Crippen molar-refractivity contribution in [3.63, 3.8) is 0 Å². The summed E-state index contributed by atoms with van der Waals surface area (Å²) >= 11 is 5.92. The third-order valence-electron chi connectivity index (χ3n) is 7.06. The predicted molar refractivity (Wildman–Crippen MR) is 160 cm³/mol. The van der Waals surface area contributed by atoms with Gasteiger partial charge in [-0.15, -0.1) is 0 Å². The van der Waals surface area contributed by atoms with Gasteiger partial charge in [-0.25, -0.2) is 0 Å². The molecule has 2 aromatic heterocycles. The number of aryl methyl sites for hydroxylation is 3. The highest BCUT2D eigenvalue weighted by atomic mass is 32.1. The number of pyridine rings is 1. The molecule has 0 aliphatic carbocycles. The first-order valence-electron chi connectivity index (χ1n) is 12.9. The number of benzene rings is 2. The highest BCUT2D eigenvalue weighted by molar-refractivity contribution is 7.80. The van der Waals surface area contributed by atoms with E-state index in [-0.39, 0.29) is 24.6 Å². The van der Waals surface area contributed by atoms with Crippen LogP contribution in [0, 0.1) is 27.7 Å². The average Bonchev–Trinajstić information content (AvgIpc) is 3.39. The molecule has 5 rings (SSSR count). The molecule has 2 aromatic carbocycles. The van der Waals surface area contributed by atoms with Gasteiger partial charge in [0.05, 0.1) is 17.8 Å². The summed E-state index contributed by atoms with van der Waals surface area (Å²) in [6, 6.07) is 22.3. The van der Waals surface area contributed by atoms with Crippen LogP contribution in [-0.4, -0.2) is 34.3 Å². The minimum absolute atomic E-state index is 0.00575. The summed E-state index contributed by atoms with van der Waals surface area (Å²) in [5.74, 6) is -0.199. The van der Waals surface area contributed by atoms with Crippen molar-refractivity contribution in [1.82, 2.24) is 14.9 Å². The van der Waals surface area contributed by atoms with Crippen LogP contribution in [0.2, 0.25) is 0 Å². The number of nitrogens with zero attached hydrogens (tertiary/aromatic N) is 3. The van der Waals surface area contributed by atoms with E-state index in [9.17, 15) is 4.79 Å². The van der Waals surface area contributed by atoms with Crippen molar-refractivity contribution in [3.05, 3.63) is 107 Å². The Morgan fingerprint density at radius 1 is 1.00 bits per heavy atom. The van der Waals surface area contributed by atoms with Gasteiger partial charge in [0.1, 0.15) is 6.61 Å². The number of carbonyl (C=O) groups is 1. The van der Waals surface area contributed by atoms with Gasteiger partial charge < -0.3 is 24.8 Å². The van der Waals surface area contributed by atoms with Gasteiger partial charge in [-0.1, -0.05) is 12.1 Å². The third kappa shape index (κ3) is 5.30. The molecule has 2 N–H and O–H groups in total. The Bertz CT molecular complexity index is 1490. The van der Waals surface area contributed by atoms with E-state index < -0.39 is 0 Å². The van der Waals surface area contributed by atoms with Crippen LogP contribution < -0.4 is 15.5 Å². The highest BCUT2D eigenvalue weighted by Gasteiger charge is 2.42. The van der Waals surface area contributed by atoms with Gasteiger partial charge in [0.15, 0.2) is 5.11 Å². The lowest BCUT2D eigenvalue weighted by Crippen LogP contribution is -2.29. The molecule has 0 spiro atoms. The quantitative estimate of drug-likeness (QED) is 0.286. The first-order valence-corrected chi connectivity index (χ1v) is 13.3. The summed E-state index contributed by atoms with van der Waals surface area (Å²) in [6.07, 6.45) is 1.82. The van der Waals surface area contributed by atoms with E-state index in [4.69, 9.17) is 17.0 Å². The topological polar surface area (TPSA) is 71.4 Å². The zero-order valence-corrected chi connectivity index (χ0v) is 23.7. The third-order valence-corrected chi connectivity index (χ3v) is 7.37. The second kappa shape index (κ2) is 11.0. The van der Waals surface area contributed by atoms with Crippen molar-refractivity contribution in [2.75, 3.05) is 23.9 Å². The van der Waals surface area contributed by atoms with Crippen LogP contribution in [0.3, 0.4) is 0 Å². The zero-order valence-electron chi connectivity index (χ0n) is 22.9. The molecule has 1 fully saturated rings. The van der Waals surface area contributed by atoms with Crippen LogP contribution in [0.5, 0.6) is 0 Å². The van der Waals surface area contributed by atoms with Crippen LogP contribution in [0.4, 0.5) is 11.4 Å². The summed E-state index contributed by atoms with van der Waals surface area (Å²) in [6.45, 7) is 8.58. The Morgan fingerprint density at radius 2 is 1.72 bits per heavy atom. The fourth-order valence-corrected chi connectivity index (χ4v) is 5.89. The number of hydrogen-bond acceptors (Lipinski definition) is 4. The van der Waals surface area contributed by atoms with Crippen molar-refractivity contribution in [3.8, 4) is 5.69 Å². The molecule has 1 aliphatic heterocycles. The van der Waals surface area contributed by atoms with Crippen LogP contribution in [0.25, 0.3) is 5.69 Å². The largest absolute Gasteiger partial charge is 0.375 e. The van der Waals surface area contributed by atoms with Crippen LogP contribution in [-0.2, 0) is 9.53 Å². The molecule has 0 saturated carbocycles. The molecule has 200 valence electrons. The Labute approximate surface area is 234 Å². The van der Waals surface area contributed by atoms with E-state index in [1.54, 1.807) is 0 Å². The minimum atomic E-state index is -0.199. The van der Waals surface area contributed by atoms with Crippen LogP contribution in [0.1, 0.15) is 45.9 Å². The van der Waals surface area contributed by atoms with E-state index in [0.29, 0.717) is 10.8 Å². The molecule has 1 amide bonds. The van der Waals surface area contributed by atoms with E-state index in [1.807, 2.05) is 48.7 Å². The molecule has 3 heterocycles. The molecule has 0 unspecified atom stereocenters. The number of carbonyl (C=O) groups excluding carboxylic acids is 1. The van der Waals surface area contributed by atoms with Gasteiger partial charge in [-0.2, -0.15) is 0 Å². The maximum Gasteiger partial charge on any atom is 0.250 e. The summed E-state index contributed by atoms with van der Waals surface area (Å²) in [4.78, 5) is 18.8. The monoisotopic (exact) mass is 539 g/mol. The molecule has 1 aliphatic rings. The van der Waals surface area contributed by atoms with Gasteiger partial charge in [-0.3, -0.25) is 9.78 Å². The molecule has 2 atom stereocenters. The SMILES string of the molecule is COCC(=O)Nc1ccc(N2C(=S)N[C@@H](c3ccccn3)[C@H]2c2cc(C)n(-c3cc(C)cc(C)c3)c2C)cc1. The number of methoxy groups -OCH3 is 1. The lowest BCUT2D eigenvalue weighted by Gasteiger charge is -2.28. The summed E-state index contributed by atoms with van der Waals surface area (Å²) in [5.41, 5.74) is 9.64. The standard InChI is InChI=1S/C31H33N5O2S/c1-19-14-20(2)16-25(15-19)35-21(3)17-26(22(35)4)30-29(27-8-6-7-13-32-27)34-31(39)36(30)24-11-9-23(10-12-24)33-28(37)18-38-5/h6-17,29-30H,18H2,1-5H3,(H,33,37)(H,34,39)/t29-,30+/m0/s1. The molecular formula is C31H33N5O2S. The van der Waals surface area contributed by atoms with Crippen LogP contribution >= 0.6 is 12.2 Å². The Balaban J connectivity index is 1.59. The molecule has 39 heavy (non-hydrogen) atoms. The van der Waals surface area contributed by atoms with E-state index >= 15 is 0 Å². The van der Waals surface area contributed by atoms with Crippen molar-refractivity contribution < 1.29 is 9.53 Å². The minimum Gasteiger partial charge on any atom is -0.375 e. The smallest absolute Gasteiger partial charge is 0.250 e. The number of nitrogens with one attached hydrogen (secondary N) is 2. The average molecular weight is 540 g/mol. The van der Waals surface area contributed by atoms with Crippen molar-refractivity contribution in [2.24, 2.45) is 0 Å². The molecular weight excluding hydrogens is 506 g/mol. The number of hydrogen-bond donors (Lipinski definition) is 2. The van der Waals surface area contributed by atoms with E-state index in [2.05, 4.69) is 77.0 Å². The van der Waals surface area contributed by atoms with Gasteiger partial charge in [0, 0.05) is 41.8 Å². The Hall–Kier alpha value is -4.01. The second-order valence-electron chi connectivity index (χ2n) is 10.0. The molecule has 0 radical (unpaired) electrons.